The van der Waals surface area contributed by atoms with Crippen LogP contribution in [0.3, 0.4) is 0 Å². The molecule has 0 atom stereocenters. The second-order valence-corrected chi connectivity index (χ2v) is 5.45. The van der Waals surface area contributed by atoms with Crippen LogP contribution >= 0.6 is 11.3 Å². The van der Waals surface area contributed by atoms with E-state index in [1.165, 1.54) is 5.56 Å². The first-order valence-electron chi connectivity index (χ1n) is 6.48. The Hall–Kier alpha value is -2.20. The number of hydrogen-bond donors (Lipinski definition) is 1. The van der Waals surface area contributed by atoms with Crippen LogP contribution in [0.15, 0.2) is 54.0 Å². The van der Waals surface area contributed by atoms with Gasteiger partial charge >= 0.3 is 0 Å². The zero-order valence-electron chi connectivity index (χ0n) is 10.9. The fourth-order valence-electron chi connectivity index (χ4n) is 2.06. The second-order valence-electron chi connectivity index (χ2n) is 4.57. The summed E-state index contributed by atoms with van der Waals surface area (Å²) in [4.78, 5) is 16.2. The molecule has 0 aliphatic rings. The van der Waals surface area contributed by atoms with Crippen LogP contribution in [0, 0.1) is 0 Å². The highest BCUT2D eigenvalue weighted by atomic mass is 32.1. The summed E-state index contributed by atoms with van der Waals surface area (Å²) in [7, 11) is 0. The van der Waals surface area contributed by atoms with E-state index in [9.17, 15) is 4.79 Å². The summed E-state index contributed by atoms with van der Waals surface area (Å²) in [6.07, 6.45) is 1.24. The van der Waals surface area contributed by atoms with Gasteiger partial charge in [-0.3, -0.25) is 4.79 Å². The highest BCUT2D eigenvalue weighted by Gasteiger charge is 2.04. The number of nitrogens with one attached hydrogen (secondary N) is 1. The van der Waals surface area contributed by atoms with Gasteiger partial charge in [-0.2, -0.15) is 0 Å². The maximum absolute atomic E-state index is 11.9. The van der Waals surface area contributed by atoms with Crippen molar-refractivity contribution in [2.24, 2.45) is 0 Å². The van der Waals surface area contributed by atoms with Gasteiger partial charge in [0.05, 0.1) is 15.7 Å². The van der Waals surface area contributed by atoms with Crippen molar-refractivity contribution in [3.8, 4) is 0 Å². The van der Waals surface area contributed by atoms with Gasteiger partial charge in [0.15, 0.2) is 0 Å². The summed E-state index contributed by atoms with van der Waals surface area (Å²) < 4.78 is 1.13. The lowest BCUT2D eigenvalue weighted by Crippen LogP contribution is -2.12. The van der Waals surface area contributed by atoms with Gasteiger partial charge in [-0.15, -0.1) is 11.3 Å². The number of carbonyl (C=O) groups is 1. The molecule has 2 aromatic carbocycles. The fourth-order valence-corrected chi connectivity index (χ4v) is 2.72. The van der Waals surface area contributed by atoms with Crippen LogP contribution in [0.1, 0.15) is 12.0 Å². The van der Waals surface area contributed by atoms with E-state index in [4.69, 9.17) is 0 Å². The number of nitrogens with zero attached hydrogens (tertiary/aromatic N) is 1. The third kappa shape index (κ3) is 3.03. The van der Waals surface area contributed by atoms with Gasteiger partial charge in [0.1, 0.15) is 0 Å². The van der Waals surface area contributed by atoms with Crippen molar-refractivity contribution in [2.45, 2.75) is 12.8 Å². The number of amides is 1. The highest BCUT2D eigenvalue weighted by Crippen LogP contribution is 2.21. The average molecular weight is 282 g/mol. The summed E-state index contributed by atoms with van der Waals surface area (Å²) in [5, 5.41) is 2.92. The molecule has 0 saturated carbocycles. The van der Waals surface area contributed by atoms with Crippen molar-refractivity contribution in [3.05, 3.63) is 59.6 Å². The van der Waals surface area contributed by atoms with Crippen molar-refractivity contribution in [3.63, 3.8) is 0 Å². The molecule has 0 spiro atoms. The van der Waals surface area contributed by atoms with Crippen molar-refractivity contribution >= 4 is 33.1 Å². The molecule has 1 heterocycles. The first kappa shape index (κ1) is 12.8. The molecule has 0 radical (unpaired) electrons. The monoisotopic (exact) mass is 282 g/mol. The minimum atomic E-state index is 0.0310. The summed E-state index contributed by atoms with van der Waals surface area (Å²) in [6.45, 7) is 0. The SMILES string of the molecule is O=C(CCc1ccccc1)Nc1ccc2scnc2c1. The second kappa shape index (κ2) is 5.84. The first-order valence-corrected chi connectivity index (χ1v) is 7.36. The maximum atomic E-state index is 11.9. The van der Waals surface area contributed by atoms with Crippen LogP contribution in [-0.4, -0.2) is 10.9 Å². The molecule has 3 aromatic rings. The Balaban J connectivity index is 1.61. The van der Waals surface area contributed by atoms with E-state index in [1.54, 1.807) is 11.3 Å². The van der Waals surface area contributed by atoms with E-state index in [0.29, 0.717) is 6.42 Å². The van der Waals surface area contributed by atoms with E-state index in [0.717, 1.165) is 22.3 Å². The molecule has 20 heavy (non-hydrogen) atoms. The predicted octanol–water partition coefficient (Wildman–Crippen LogP) is 3.87. The molecule has 4 heteroatoms. The van der Waals surface area contributed by atoms with Crippen LogP contribution in [0.2, 0.25) is 0 Å². The van der Waals surface area contributed by atoms with Crippen molar-refractivity contribution in [1.29, 1.82) is 0 Å². The van der Waals surface area contributed by atoms with Gasteiger partial charge in [0, 0.05) is 12.1 Å². The molecule has 100 valence electrons. The predicted molar refractivity (Wildman–Crippen MR) is 83.0 cm³/mol. The van der Waals surface area contributed by atoms with Crippen LogP contribution in [0.25, 0.3) is 10.2 Å². The molecule has 1 amide bonds. The Morgan fingerprint density at radius 2 is 2.00 bits per heavy atom. The van der Waals surface area contributed by atoms with Crippen LogP contribution in [0.4, 0.5) is 5.69 Å². The van der Waals surface area contributed by atoms with Gasteiger partial charge < -0.3 is 5.32 Å². The summed E-state index contributed by atoms with van der Waals surface area (Å²) in [5.74, 6) is 0.0310. The minimum absolute atomic E-state index is 0.0310. The van der Waals surface area contributed by atoms with Gasteiger partial charge in [0.25, 0.3) is 0 Å². The number of carbonyl (C=O) groups excluding carboxylic acids is 1. The Labute approximate surface area is 121 Å². The Kier molecular flexibility index (Phi) is 3.74. The van der Waals surface area contributed by atoms with E-state index in [1.807, 2.05) is 54.0 Å². The normalized spacial score (nSPS) is 10.6. The smallest absolute Gasteiger partial charge is 0.224 e. The summed E-state index contributed by atoms with van der Waals surface area (Å²) >= 11 is 1.60. The van der Waals surface area contributed by atoms with Gasteiger partial charge in [-0.25, -0.2) is 4.98 Å². The molecule has 1 N–H and O–H groups in total. The topological polar surface area (TPSA) is 42.0 Å². The summed E-state index contributed by atoms with van der Waals surface area (Å²) in [6, 6.07) is 15.8. The minimum Gasteiger partial charge on any atom is -0.326 e. The molecule has 0 fully saturated rings. The molecule has 0 saturated heterocycles. The van der Waals surface area contributed by atoms with E-state index >= 15 is 0 Å². The lowest BCUT2D eigenvalue weighted by atomic mass is 10.1. The number of fused-ring (bicyclic) bond motifs is 1. The molecular weight excluding hydrogens is 268 g/mol. The number of hydrogen-bond acceptors (Lipinski definition) is 3. The number of thiazole rings is 1. The van der Waals surface area contributed by atoms with E-state index < -0.39 is 0 Å². The molecule has 0 aliphatic carbocycles. The third-order valence-electron chi connectivity index (χ3n) is 3.10. The quantitative estimate of drug-likeness (QED) is 0.789. The third-order valence-corrected chi connectivity index (χ3v) is 3.91. The average Bonchev–Trinajstić information content (AvgIpc) is 2.94. The van der Waals surface area contributed by atoms with E-state index in [2.05, 4.69) is 10.3 Å². The molecule has 1 aromatic heterocycles. The van der Waals surface area contributed by atoms with Crippen LogP contribution in [-0.2, 0) is 11.2 Å². The lowest BCUT2D eigenvalue weighted by molar-refractivity contribution is -0.116. The largest absolute Gasteiger partial charge is 0.326 e. The Bertz CT molecular complexity index is 721. The van der Waals surface area contributed by atoms with Crippen LogP contribution in [0.5, 0.6) is 0 Å². The zero-order valence-corrected chi connectivity index (χ0v) is 11.7. The van der Waals surface area contributed by atoms with Crippen molar-refractivity contribution in [1.82, 2.24) is 4.98 Å². The highest BCUT2D eigenvalue weighted by molar-refractivity contribution is 7.16. The zero-order chi connectivity index (χ0) is 13.8. The molecule has 0 bridgehead atoms. The van der Waals surface area contributed by atoms with Crippen LogP contribution < -0.4 is 5.32 Å². The number of anilines is 1. The van der Waals surface area contributed by atoms with Gasteiger partial charge in [-0.1, -0.05) is 30.3 Å². The molecule has 0 aliphatic heterocycles. The maximum Gasteiger partial charge on any atom is 0.224 e. The summed E-state index contributed by atoms with van der Waals surface area (Å²) in [5.41, 5.74) is 4.72. The van der Waals surface area contributed by atoms with E-state index in [-0.39, 0.29) is 5.91 Å². The molecular formula is C16H14N2OS. The molecule has 3 nitrogen and oxygen atoms in total. The molecule has 0 unspecified atom stereocenters. The fraction of sp³-hybridized carbons (Fsp3) is 0.125. The lowest BCUT2D eigenvalue weighted by Gasteiger charge is -2.05. The Morgan fingerprint density at radius 3 is 2.85 bits per heavy atom. The first-order chi connectivity index (χ1) is 9.81. The van der Waals surface area contributed by atoms with Gasteiger partial charge in [0.2, 0.25) is 5.91 Å². The standard InChI is InChI=1S/C16H14N2OS/c19-16(9-6-12-4-2-1-3-5-12)18-13-7-8-15-14(10-13)17-11-20-15/h1-5,7-8,10-11H,6,9H2,(H,18,19). The van der Waals surface area contributed by atoms with Crippen molar-refractivity contribution in [2.75, 3.05) is 5.32 Å². The molecule has 3 rings (SSSR count). The number of aromatic nitrogens is 1. The van der Waals surface area contributed by atoms with Crippen molar-refractivity contribution < 1.29 is 4.79 Å². The number of aryl methyl sites for hydroxylation is 1. The number of rotatable bonds is 4. The number of benzene rings is 2. The Morgan fingerprint density at radius 1 is 1.15 bits per heavy atom. The van der Waals surface area contributed by atoms with Gasteiger partial charge in [-0.05, 0) is 30.2 Å².